The Balaban J connectivity index is 2.50. The number of thiazole rings is 1. The van der Waals surface area contributed by atoms with E-state index in [0.717, 1.165) is 0 Å². The van der Waals surface area contributed by atoms with Gasteiger partial charge >= 0.3 is 5.97 Å². The van der Waals surface area contributed by atoms with Crippen molar-refractivity contribution in [3.8, 4) is 0 Å². The molecule has 0 radical (unpaired) electrons. The lowest BCUT2D eigenvalue weighted by Gasteiger charge is -2.14. The van der Waals surface area contributed by atoms with Crippen LogP contribution in [0.15, 0.2) is 5.38 Å². The van der Waals surface area contributed by atoms with Crippen molar-refractivity contribution in [2.45, 2.75) is 6.92 Å². The van der Waals surface area contributed by atoms with Crippen LogP contribution in [0.5, 0.6) is 0 Å². The summed E-state index contributed by atoms with van der Waals surface area (Å²) in [6.45, 7) is 2.72. The van der Waals surface area contributed by atoms with Gasteiger partial charge in [0.05, 0.1) is 13.7 Å². The number of hydrogen-bond donors (Lipinski definition) is 1. The molecule has 0 aliphatic heterocycles. The van der Waals surface area contributed by atoms with E-state index in [-0.39, 0.29) is 18.1 Å². The van der Waals surface area contributed by atoms with Gasteiger partial charge in [-0.25, -0.2) is 9.78 Å². The Hall–Kier alpha value is -1.63. The van der Waals surface area contributed by atoms with Gasteiger partial charge in [-0.15, -0.1) is 11.3 Å². The van der Waals surface area contributed by atoms with Crippen LogP contribution >= 0.6 is 11.3 Å². The Labute approximate surface area is 104 Å². The van der Waals surface area contributed by atoms with Gasteiger partial charge in [-0.05, 0) is 6.92 Å². The maximum atomic E-state index is 11.5. The van der Waals surface area contributed by atoms with Crippen LogP contribution in [0.1, 0.15) is 17.4 Å². The van der Waals surface area contributed by atoms with Crippen LogP contribution < -0.4 is 5.32 Å². The lowest BCUT2D eigenvalue weighted by molar-refractivity contribution is -0.127. The number of carbonyl (C=O) groups is 2. The average molecular weight is 257 g/mol. The number of anilines is 1. The third kappa shape index (κ3) is 3.70. The average Bonchev–Trinajstić information content (AvgIpc) is 2.82. The van der Waals surface area contributed by atoms with Crippen molar-refractivity contribution >= 4 is 28.3 Å². The minimum Gasteiger partial charge on any atom is -0.464 e. The molecule has 0 atom stereocenters. The molecule has 6 nitrogen and oxygen atoms in total. The minimum atomic E-state index is -0.480. The van der Waals surface area contributed by atoms with E-state index in [4.69, 9.17) is 0 Å². The minimum absolute atomic E-state index is 0.0256. The zero-order chi connectivity index (χ0) is 12.8. The largest absolute Gasteiger partial charge is 0.464 e. The van der Waals surface area contributed by atoms with Crippen LogP contribution in [0.2, 0.25) is 0 Å². The van der Waals surface area contributed by atoms with Crippen LogP contribution in [0, 0.1) is 0 Å². The van der Waals surface area contributed by atoms with E-state index < -0.39 is 5.97 Å². The zero-order valence-electron chi connectivity index (χ0n) is 10.0. The molecule has 1 N–H and O–H groups in total. The van der Waals surface area contributed by atoms with E-state index in [0.29, 0.717) is 11.7 Å². The van der Waals surface area contributed by atoms with Gasteiger partial charge in [-0.3, -0.25) is 4.79 Å². The van der Waals surface area contributed by atoms with E-state index in [9.17, 15) is 9.59 Å². The molecule has 0 aliphatic rings. The quantitative estimate of drug-likeness (QED) is 0.791. The number of amides is 1. The first-order valence-corrected chi connectivity index (χ1v) is 5.98. The van der Waals surface area contributed by atoms with Crippen molar-refractivity contribution in [1.29, 1.82) is 0 Å². The molecule has 1 amide bonds. The number of hydrogen-bond acceptors (Lipinski definition) is 6. The molecular weight excluding hydrogens is 242 g/mol. The van der Waals surface area contributed by atoms with Gasteiger partial charge in [-0.1, -0.05) is 0 Å². The lowest BCUT2D eigenvalue weighted by Crippen LogP contribution is -2.31. The Morgan fingerprint density at radius 2 is 2.29 bits per heavy atom. The smallest absolute Gasteiger partial charge is 0.357 e. The van der Waals surface area contributed by atoms with Gasteiger partial charge in [-0.2, -0.15) is 0 Å². The number of nitrogens with zero attached hydrogens (tertiary/aromatic N) is 2. The molecule has 0 unspecified atom stereocenters. The molecule has 1 heterocycles. The summed E-state index contributed by atoms with van der Waals surface area (Å²) in [7, 11) is 3.03. The van der Waals surface area contributed by atoms with Crippen molar-refractivity contribution < 1.29 is 14.3 Å². The fraction of sp³-hybridized carbons (Fsp3) is 0.500. The molecule has 94 valence electrons. The van der Waals surface area contributed by atoms with Gasteiger partial charge in [0.1, 0.15) is 0 Å². The zero-order valence-corrected chi connectivity index (χ0v) is 10.8. The molecule has 0 saturated heterocycles. The van der Waals surface area contributed by atoms with Gasteiger partial charge in [0, 0.05) is 19.0 Å². The maximum Gasteiger partial charge on any atom is 0.357 e. The molecule has 1 aromatic rings. The van der Waals surface area contributed by atoms with Crippen molar-refractivity contribution in [3.63, 3.8) is 0 Å². The first-order chi connectivity index (χ1) is 8.08. The molecule has 0 spiro atoms. The standard InChI is InChI=1S/C10H15N3O3S/c1-4-13(2)8(14)5-11-10-12-7(6-17-10)9(15)16-3/h6H,4-5H2,1-3H3,(H,11,12). The molecule has 1 rings (SSSR count). The van der Waals surface area contributed by atoms with Gasteiger partial charge < -0.3 is 15.0 Å². The summed E-state index contributed by atoms with van der Waals surface area (Å²) >= 11 is 1.26. The molecule has 1 aromatic heterocycles. The van der Waals surface area contributed by atoms with Gasteiger partial charge in [0.2, 0.25) is 5.91 Å². The first-order valence-electron chi connectivity index (χ1n) is 5.10. The molecule has 17 heavy (non-hydrogen) atoms. The summed E-state index contributed by atoms with van der Waals surface area (Å²) in [5.41, 5.74) is 0.247. The third-order valence-corrected chi connectivity index (χ3v) is 2.99. The van der Waals surface area contributed by atoms with Crippen LogP contribution in [-0.4, -0.2) is 49.0 Å². The first kappa shape index (κ1) is 13.4. The molecule has 0 bridgehead atoms. The summed E-state index contributed by atoms with van der Waals surface area (Å²) in [6, 6.07) is 0. The topological polar surface area (TPSA) is 71.5 Å². The van der Waals surface area contributed by atoms with Crippen LogP contribution in [-0.2, 0) is 9.53 Å². The second-order valence-electron chi connectivity index (χ2n) is 3.29. The molecule has 0 saturated carbocycles. The fourth-order valence-electron chi connectivity index (χ4n) is 1.02. The number of nitrogens with one attached hydrogen (secondary N) is 1. The monoisotopic (exact) mass is 257 g/mol. The van der Waals surface area contributed by atoms with Gasteiger partial charge in [0.15, 0.2) is 10.8 Å². The number of rotatable bonds is 5. The highest BCUT2D eigenvalue weighted by molar-refractivity contribution is 7.13. The number of methoxy groups -OCH3 is 1. The molecule has 0 aromatic carbocycles. The van der Waals surface area contributed by atoms with E-state index in [2.05, 4.69) is 15.0 Å². The second kappa shape index (κ2) is 6.19. The number of aromatic nitrogens is 1. The van der Waals surface area contributed by atoms with Crippen LogP contribution in [0.4, 0.5) is 5.13 Å². The lowest BCUT2D eigenvalue weighted by atomic mass is 10.5. The number of carbonyl (C=O) groups excluding carboxylic acids is 2. The van der Waals surface area contributed by atoms with Gasteiger partial charge in [0.25, 0.3) is 0 Å². The Morgan fingerprint density at radius 3 is 2.88 bits per heavy atom. The highest BCUT2D eigenvalue weighted by atomic mass is 32.1. The SMILES string of the molecule is CCN(C)C(=O)CNc1nc(C(=O)OC)cs1. The predicted octanol–water partition coefficient (Wildman–Crippen LogP) is 0.820. The Kier molecular flexibility index (Phi) is 4.89. The highest BCUT2D eigenvalue weighted by Gasteiger charge is 2.12. The maximum absolute atomic E-state index is 11.5. The van der Waals surface area contributed by atoms with E-state index in [1.807, 2.05) is 6.92 Å². The number of likely N-dealkylation sites (N-methyl/N-ethyl adjacent to an activating group) is 1. The summed E-state index contributed by atoms with van der Waals surface area (Å²) in [6.07, 6.45) is 0. The van der Waals surface area contributed by atoms with E-state index >= 15 is 0 Å². The normalized spacial score (nSPS) is 9.82. The summed E-state index contributed by atoms with van der Waals surface area (Å²) < 4.78 is 4.53. The third-order valence-electron chi connectivity index (χ3n) is 2.19. The molecule has 0 aliphatic carbocycles. The number of ether oxygens (including phenoxy) is 1. The fourth-order valence-corrected chi connectivity index (χ4v) is 1.69. The summed E-state index contributed by atoms with van der Waals surface area (Å²) in [5, 5.41) is 4.98. The highest BCUT2D eigenvalue weighted by Crippen LogP contribution is 2.15. The predicted molar refractivity (Wildman–Crippen MR) is 65.3 cm³/mol. The van der Waals surface area contributed by atoms with Crippen LogP contribution in [0.3, 0.4) is 0 Å². The van der Waals surface area contributed by atoms with E-state index in [1.54, 1.807) is 17.3 Å². The Morgan fingerprint density at radius 1 is 1.59 bits per heavy atom. The van der Waals surface area contributed by atoms with Crippen LogP contribution in [0.25, 0.3) is 0 Å². The summed E-state index contributed by atoms with van der Waals surface area (Å²) in [4.78, 5) is 28.2. The van der Waals surface area contributed by atoms with Crippen molar-refractivity contribution in [3.05, 3.63) is 11.1 Å². The molecular formula is C10H15N3O3S. The summed E-state index contributed by atoms with van der Waals surface area (Å²) in [5.74, 6) is -0.506. The number of esters is 1. The van der Waals surface area contributed by atoms with Crippen molar-refractivity contribution in [2.75, 3.05) is 32.6 Å². The van der Waals surface area contributed by atoms with Crippen molar-refractivity contribution in [1.82, 2.24) is 9.88 Å². The Bertz CT molecular complexity index is 405. The molecule has 7 heteroatoms. The van der Waals surface area contributed by atoms with E-state index in [1.165, 1.54) is 18.4 Å². The van der Waals surface area contributed by atoms with Crippen molar-refractivity contribution in [2.24, 2.45) is 0 Å². The second-order valence-corrected chi connectivity index (χ2v) is 4.15. The molecule has 0 fully saturated rings.